The smallest absolute Gasteiger partial charge is 0.246 e. The van der Waals surface area contributed by atoms with Crippen LogP contribution in [-0.4, -0.2) is 45.4 Å². The van der Waals surface area contributed by atoms with Gasteiger partial charge in [0.2, 0.25) is 5.91 Å². The van der Waals surface area contributed by atoms with Gasteiger partial charge in [-0.05, 0) is 18.8 Å². The van der Waals surface area contributed by atoms with Gasteiger partial charge >= 0.3 is 0 Å². The molecule has 0 radical (unpaired) electrons. The molecule has 17 heavy (non-hydrogen) atoms. The van der Waals surface area contributed by atoms with E-state index in [-0.39, 0.29) is 18.6 Å². The van der Waals surface area contributed by atoms with Crippen LogP contribution in [0.2, 0.25) is 0 Å². The molecule has 1 fully saturated rings. The molecule has 0 bridgehead atoms. The molecular formula is C12H24N2O3. The first-order chi connectivity index (χ1) is 8.27. The quantitative estimate of drug-likeness (QED) is 0.602. The topological polar surface area (TPSA) is 73.6 Å². The van der Waals surface area contributed by atoms with E-state index in [9.17, 15) is 4.79 Å². The van der Waals surface area contributed by atoms with Gasteiger partial charge in [-0.3, -0.25) is 4.79 Å². The van der Waals surface area contributed by atoms with E-state index in [1.54, 1.807) is 7.11 Å². The lowest BCUT2D eigenvalue weighted by Gasteiger charge is -2.23. The summed E-state index contributed by atoms with van der Waals surface area (Å²) >= 11 is 0. The van der Waals surface area contributed by atoms with E-state index < -0.39 is 0 Å². The molecule has 1 unspecified atom stereocenters. The monoisotopic (exact) mass is 244 g/mol. The molecule has 0 aromatic heterocycles. The molecule has 0 aromatic rings. The number of hydrogen-bond acceptors (Lipinski definition) is 4. The lowest BCUT2D eigenvalue weighted by atomic mass is 9.98. The number of methoxy groups -OCH3 is 1. The highest BCUT2D eigenvalue weighted by Crippen LogP contribution is 2.27. The molecule has 1 aliphatic carbocycles. The number of rotatable bonds is 8. The molecule has 1 atom stereocenters. The van der Waals surface area contributed by atoms with E-state index in [4.69, 9.17) is 15.2 Å². The molecule has 0 heterocycles. The Hall–Kier alpha value is -0.650. The molecule has 1 aliphatic rings. The molecule has 0 saturated heterocycles. The van der Waals surface area contributed by atoms with E-state index in [0.29, 0.717) is 25.7 Å². The summed E-state index contributed by atoms with van der Waals surface area (Å²) in [7, 11) is 1.61. The van der Waals surface area contributed by atoms with Crippen LogP contribution in [0.4, 0.5) is 0 Å². The van der Waals surface area contributed by atoms with E-state index in [1.165, 1.54) is 25.7 Å². The van der Waals surface area contributed by atoms with Crippen LogP contribution in [-0.2, 0) is 14.3 Å². The van der Waals surface area contributed by atoms with Gasteiger partial charge in [0.05, 0.1) is 13.2 Å². The predicted octanol–water partition coefficient (Wildman–Crippen LogP) is 0.283. The lowest BCUT2D eigenvalue weighted by molar-refractivity contribution is -0.127. The van der Waals surface area contributed by atoms with Crippen molar-refractivity contribution < 1.29 is 14.3 Å². The van der Waals surface area contributed by atoms with Crippen LogP contribution in [0.25, 0.3) is 0 Å². The highest BCUT2D eigenvalue weighted by molar-refractivity contribution is 5.77. The summed E-state index contributed by atoms with van der Waals surface area (Å²) in [5, 5.41) is 2.96. The first kappa shape index (κ1) is 14.4. The molecule has 0 aliphatic heterocycles. The van der Waals surface area contributed by atoms with Crippen LogP contribution < -0.4 is 11.1 Å². The van der Waals surface area contributed by atoms with Crippen LogP contribution in [0.5, 0.6) is 0 Å². The Kier molecular flexibility index (Phi) is 7.16. The summed E-state index contributed by atoms with van der Waals surface area (Å²) in [6.45, 7) is 1.55. The van der Waals surface area contributed by atoms with Gasteiger partial charge in [0.15, 0.2) is 0 Å². The third-order valence-electron chi connectivity index (χ3n) is 3.23. The van der Waals surface area contributed by atoms with Gasteiger partial charge in [0.1, 0.15) is 6.61 Å². The van der Waals surface area contributed by atoms with E-state index in [0.717, 1.165) is 0 Å². The van der Waals surface area contributed by atoms with Gasteiger partial charge in [-0.25, -0.2) is 0 Å². The van der Waals surface area contributed by atoms with Gasteiger partial charge in [0, 0.05) is 19.7 Å². The van der Waals surface area contributed by atoms with Crippen molar-refractivity contribution in [1.82, 2.24) is 5.32 Å². The molecule has 100 valence electrons. The zero-order valence-corrected chi connectivity index (χ0v) is 10.6. The Labute approximate surface area is 103 Å². The van der Waals surface area contributed by atoms with Crippen molar-refractivity contribution in [3.05, 3.63) is 0 Å². The second-order valence-electron chi connectivity index (χ2n) is 4.50. The van der Waals surface area contributed by atoms with Crippen LogP contribution in [0.3, 0.4) is 0 Å². The molecule has 1 rings (SSSR count). The third kappa shape index (κ3) is 5.48. The van der Waals surface area contributed by atoms with Gasteiger partial charge < -0.3 is 20.5 Å². The molecule has 5 nitrogen and oxygen atoms in total. The molecule has 0 aromatic carbocycles. The number of nitrogens with one attached hydrogen (secondary N) is 1. The van der Waals surface area contributed by atoms with Crippen molar-refractivity contribution in [2.24, 2.45) is 11.7 Å². The number of amides is 1. The standard InChI is InChI=1S/C12H24N2O3/c1-16-6-7-17-9-12(15)14-11(8-13)10-4-2-3-5-10/h10-11H,2-9,13H2,1H3,(H,14,15). The average molecular weight is 244 g/mol. The number of ether oxygens (including phenoxy) is 2. The molecule has 1 amide bonds. The number of hydrogen-bond donors (Lipinski definition) is 2. The summed E-state index contributed by atoms with van der Waals surface area (Å²) in [6, 6.07) is 0.107. The molecular weight excluding hydrogens is 220 g/mol. The van der Waals surface area contributed by atoms with Crippen molar-refractivity contribution >= 4 is 5.91 Å². The van der Waals surface area contributed by atoms with Gasteiger partial charge in [-0.1, -0.05) is 12.8 Å². The maximum Gasteiger partial charge on any atom is 0.246 e. The maximum atomic E-state index is 11.6. The number of carbonyl (C=O) groups is 1. The van der Waals surface area contributed by atoms with Crippen molar-refractivity contribution in [3.8, 4) is 0 Å². The highest BCUT2D eigenvalue weighted by Gasteiger charge is 2.25. The largest absolute Gasteiger partial charge is 0.382 e. The SMILES string of the molecule is COCCOCC(=O)NC(CN)C1CCCC1. The van der Waals surface area contributed by atoms with E-state index in [1.807, 2.05) is 0 Å². The minimum Gasteiger partial charge on any atom is -0.382 e. The third-order valence-corrected chi connectivity index (χ3v) is 3.23. The second-order valence-corrected chi connectivity index (χ2v) is 4.50. The fraction of sp³-hybridized carbons (Fsp3) is 0.917. The maximum absolute atomic E-state index is 11.6. The first-order valence-corrected chi connectivity index (χ1v) is 6.34. The van der Waals surface area contributed by atoms with Crippen LogP contribution in [0, 0.1) is 5.92 Å². The Morgan fingerprint density at radius 2 is 2.12 bits per heavy atom. The summed E-state index contributed by atoms with van der Waals surface area (Å²) in [4.78, 5) is 11.6. The van der Waals surface area contributed by atoms with Gasteiger partial charge in [-0.15, -0.1) is 0 Å². The van der Waals surface area contributed by atoms with Gasteiger partial charge in [-0.2, -0.15) is 0 Å². The fourth-order valence-corrected chi connectivity index (χ4v) is 2.28. The highest BCUT2D eigenvalue weighted by atomic mass is 16.5. The van der Waals surface area contributed by atoms with Crippen molar-refractivity contribution in [2.75, 3.05) is 33.5 Å². The normalized spacial score (nSPS) is 18.2. The number of nitrogens with two attached hydrogens (primary N) is 1. The zero-order chi connectivity index (χ0) is 12.5. The second kappa shape index (κ2) is 8.44. The Balaban J connectivity index is 2.18. The van der Waals surface area contributed by atoms with Crippen molar-refractivity contribution in [3.63, 3.8) is 0 Å². The summed E-state index contributed by atoms with van der Waals surface area (Å²) in [6.07, 6.45) is 4.85. The van der Waals surface area contributed by atoms with E-state index in [2.05, 4.69) is 5.32 Å². The molecule has 1 saturated carbocycles. The summed E-state index contributed by atoms with van der Waals surface area (Å²) < 4.78 is 10.00. The Morgan fingerprint density at radius 3 is 2.71 bits per heavy atom. The lowest BCUT2D eigenvalue weighted by Crippen LogP contribution is -2.46. The molecule has 0 spiro atoms. The first-order valence-electron chi connectivity index (χ1n) is 6.34. The molecule has 3 N–H and O–H groups in total. The van der Waals surface area contributed by atoms with E-state index >= 15 is 0 Å². The number of carbonyl (C=O) groups excluding carboxylic acids is 1. The Bertz CT molecular complexity index is 218. The minimum absolute atomic E-state index is 0.0801. The van der Waals surface area contributed by atoms with Crippen molar-refractivity contribution in [2.45, 2.75) is 31.7 Å². The summed E-state index contributed by atoms with van der Waals surface area (Å²) in [5.41, 5.74) is 5.70. The van der Waals surface area contributed by atoms with Crippen LogP contribution in [0.15, 0.2) is 0 Å². The molecule has 5 heteroatoms. The van der Waals surface area contributed by atoms with Crippen LogP contribution in [0.1, 0.15) is 25.7 Å². The van der Waals surface area contributed by atoms with Crippen LogP contribution >= 0.6 is 0 Å². The average Bonchev–Trinajstić information content (AvgIpc) is 2.85. The minimum atomic E-state index is -0.0801. The van der Waals surface area contributed by atoms with Crippen molar-refractivity contribution in [1.29, 1.82) is 0 Å². The predicted molar refractivity (Wildman–Crippen MR) is 65.6 cm³/mol. The Morgan fingerprint density at radius 1 is 1.41 bits per heavy atom. The summed E-state index contributed by atoms with van der Waals surface area (Å²) in [5.74, 6) is 0.464. The van der Waals surface area contributed by atoms with Gasteiger partial charge in [0.25, 0.3) is 0 Å². The zero-order valence-electron chi connectivity index (χ0n) is 10.6. The fourth-order valence-electron chi connectivity index (χ4n) is 2.28.